The van der Waals surface area contributed by atoms with Crippen LogP contribution in [0.15, 0.2) is 41.3 Å². The summed E-state index contributed by atoms with van der Waals surface area (Å²) in [5, 5.41) is 0.539. The van der Waals surface area contributed by atoms with Crippen LogP contribution in [0, 0.1) is 6.92 Å². The molecule has 1 heterocycles. The van der Waals surface area contributed by atoms with Crippen molar-refractivity contribution in [2.24, 2.45) is 0 Å². The standard InChI is InChI=1S/C13H13ClN2S/c1-9-7-11(5-6-12(9)15)17-8-10-3-2-4-13(14)16-10/h2-7H,8,15H2,1H3. The highest BCUT2D eigenvalue weighted by Crippen LogP contribution is 2.25. The number of anilines is 1. The smallest absolute Gasteiger partial charge is 0.129 e. The molecule has 0 spiro atoms. The molecule has 0 bridgehead atoms. The highest BCUT2D eigenvalue weighted by atomic mass is 35.5. The minimum Gasteiger partial charge on any atom is -0.399 e. The summed E-state index contributed by atoms with van der Waals surface area (Å²) < 4.78 is 0. The molecule has 0 saturated heterocycles. The Morgan fingerprint density at radius 1 is 1.29 bits per heavy atom. The number of thioether (sulfide) groups is 1. The Labute approximate surface area is 110 Å². The van der Waals surface area contributed by atoms with Crippen LogP contribution >= 0.6 is 23.4 Å². The second-order valence-corrected chi connectivity index (χ2v) is 5.19. The Bertz CT molecular complexity index is 529. The van der Waals surface area contributed by atoms with E-state index in [1.54, 1.807) is 17.8 Å². The number of hydrogen-bond acceptors (Lipinski definition) is 3. The second-order valence-electron chi connectivity index (χ2n) is 3.76. The van der Waals surface area contributed by atoms with Gasteiger partial charge in [-0.2, -0.15) is 0 Å². The van der Waals surface area contributed by atoms with Crippen molar-refractivity contribution in [3.8, 4) is 0 Å². The summed E-state index contributed by atoms with van der Waals surface area (Å²) in [5.41, 5.74) is 8.69. The fourth-order valence-corrected chi connectivity index (χ4v) is 2.51. The van der Waals surface area contributed by atoms with Gasteiger partial charge in [0.1, 0.15) is 5.15 Å². The number of hydrogen-bond donors (Lipinski definition) is 1. The summed E-state index contributed by atoms with van der Waals surface area (Å²) in [6.45, 7) is 2.01. The van der Waals surface area contributed by atoms with Crippen LogP contribution < -0.4 is 5.73 Å². The topological polar surface area (TPSA) is 38.9 Å². The van der Waals surface area contributed by atoms with Crippen LogP contribution in [0.4, 0.5) is 5.69 Å². The van der Waals surface area contributed by atoms with Gasteiger partial charge in [-0.25, -0.2) is 4.98 Å². The average Bonchev–Trinajstić information content (AvgIpc) is 2.31. The second kappa shape index (κ2) is 5.43. The van der Waals surface area contributed by atoms with E-state index in [2.05, 4.69) is 11.1 Å². The summed E-state index contributed by atoms with van der Waals surface area (Å²) >= 11 is 7.56. The molecular weight excluding hydrogens is 252 g/mol. The average molecular weight is 265 g/mol. The zero-order valence-corrected chi connectivity index (χ0v) is 11.1. The van der Waals surface area contributed by atoms with Gasteiger partial charge >= 0.3 is 0 Å². The van der Waals surface area contributed by atoms with Gasteiger partial charge in [0.25, 0.3) is 0 Å². The molecule has 0 aliphatic heterocycles. The van der Waals surface area contributed by atoms with E-state index in [4.69, 9.17) is 17.3 Å². The lowest BCUT2D eigenvalue weighted by Gasteiger charge is -2.05. The van der Waals surface area contributed by atoms with Crippen LogP contribution in [0.5, 0.6) is 0 Å². The number of halogens is 1. The van der Waals surface area contributed by atoms with Gasteiger partial charge in [-0.1, -0.05) is 17.7 Å². The molecule has 4 heteroatoms. The minimum absolute atomic E-state index is 0.539. The van der Waals surface area contributed by atoms with Crippen LogP contribution in [-0.4, -0.2) is 4.98 Å². The van der Waals surface area contributed by atoms with Gasteiger partial charge in [0.15, 0.2) is 0 Å². The van der Waals surface area contributed by atoms with Crippen molar-refractivity contribution >= 4 is 29.1 Å². The minimum atomic E-state index is 0.539. The van der Waals surface area contributed by atoms with Crippen molar-refractivity contribution in [2.75, 3.05) is 5.73 Å². The van der Waals surface area contributed by atoms with Crippen LogP contribution in [-0.2, 0) is 5.75 Å². The van der Waals surface area contributed by atoms with E-state index in [1.165, 1.54) is 4.90 Å². The fraction of sp³-hybridized carbons (Fsp3) is 0.154. The number of nitrogen functional groups attached to an aromatic ring is 1. The molecule has 0 saturated carbocycles. The van der Waals surface area contributed by atoms with Gasteiger partial charge in [0.2, 0.25) is 0 Å². The van der Waals surface area contributed by atoms with E-state index in [-0.39, 0.29) is 0 Å². The van der Waals surface area contributed by atoms with Crippen molar-refractivity contribution in [2.45, 2.75) is 17.6 Å². The third-order valence-corrected chi connectivity index (χ3v) is 3.64. The number of nitrogens with zero attached hydrogens (tertiary/aromatic N) is 1. The maximum absolute atomic E-state index is 5.84. The van der Waals surface area contributed by atoms with Gasteiger partial charge in [-0.15, -0.1) is 11.8 Å². The lowest BCUT2D eigenvalue weighted by molar-refractivity contribution is 1.17. The van der Waals surface area contributed by atoms with Crippen molar-refractivity contribution in [1.29, 1.82) is 0 Å². The first-order valence-electron chi connectivity index (χ1n) is 5.25. The number of benzene rings is 1. The molecule has 0 aliphatic rings. The Morgan fingerprint density at radius 3 is 2.82 bits per heavy atom. The van der Waals surface area contributed by atoms with E-state index in [0.717, 1.165) is 22.7 Å². The number of pyridine rings is 1. The van der Waals surface area contributed by atoms with E-state index in [1.807, 2.05) is 31.2 Å². The zero-order valence-electron chi connectivity index (χ0n) is 9.48. The summed E-state index contributed by atoms with van der Waals surface area (Å²) in [7, 11) is 0. The summed E-state index contributed by atoms with van der Waals surface area (Å²) in [5.74, 6) is 0.809. The fourth-order valence-electron chi connectivity index (χ4n) is 1.43. The zero-order chi connectivity index (χ0) is 12.3. The normalized spacial score (nSPS) is 10.5. The number of nitrogens with two attached hydrogens (primary N) is 1. The third-order valence-electron chi connectivity index (χ3n) is 2.40. The first-order valence-corrected chi connectivity index (χ1v) is 6.62. The monoisotopic (exact) mass is 264 g/mol. The van der Waals surface area contributed by atoms with Crippen molar-refractivity contribution in [3.05, 3.63) is 52.8 Å². The first-order chi connectivity index (χ1) is 8.15. The van der Waals surface area contributed by atoms with Crippen molar-refractivity contribution in [3.63, 3.8) is 0 Å². The van der Waals surface area contributed by atoms with Crippen molar-refractivity contribution in [1.82, 2.24) is 4.98 Å². The Morgan fingerprint density at radius 2 is 2.12 bits per heavy atom. The first kappa shape index (κ1) is 12.3. The SMILES string of the molecule is Cc1cc(SCc2cccc(Cl)n2)ccc1N. The van der Waals surface area contributed by atoms with E-state index >= 15 is 0 Å². The van der Waals surface area contributed by atoms with Gasteiger partial charge in [0.05, 0.1) is 5.69 Å². The van der Waals surface area contributed by atoms with Gasteiger partial charge < -0.3 is 5.73 Å². The molecule has 0 radical (unpaired) electrons. The Kier molecular flexibility index (Phi) is 3.92. The molecule has 2 N–H and O–H groups in total. The summed E-state index contributed by atoms with van der Waals surface area (Å²) in [6, 6.07) is 11.7. The molecule has 17 heavy (non-hydrogen) atoms. The van der Waals surface area contributed by atoms with Gasteiger partial charge in [-0.3, -0.25) is 0 Å². The van der Waals surface area contributed by atoms with Crippen LogP contribution in [0.1, 0.15) is 11.3 Å². The summed E-state index contributed by atoms with van der Waals surface area (Å²) in [6.07, 6.45) is 0. The van der Waals surface area contributed by atoms with Crippen LogP contribution in [0.25, 0.3) is 0 Å². The largest absolute Gasteiger partial charge is 0.399 e. The maximum Gasteiger partial charge on any atom is 0.129 e. The quantitative estimate of drug-likeness (QED) is 0.519. The highest BCUT2D eigenvalue weighted by molar-refractivity contribution is 7.98. The molecule has 0 unspecified atom stereocenters. The molecule has 2 rings (SSSR count). The van der Waals surface area contributed by atoms with E-state index in [9.17, 15) is 0 Å². The predicted octanol–water partition coefficient (Wildman–Crippen LogP) is 3.92. The lowest BCUT2D eigenvalue weighted by atomic mass is 10.2. The van der Waals surface area contributed by atoms with Crippen LogP contribution in [0.2, 0.25) is 5.15 Å². The Balaban J connectivity index is 2.05. The molecule has 0 aliphatic carbocycles. The number of aryl methyl sites for hydroxylation is 1. The van der Waals surface area contributed by atoms with Crippen molar-refractivity contribution < 1.29 is 0 Å². The number of rotatable bonds is 3. The molecule has 1 aromatic heterocycles. The molecule has 2 nitrogen and oxygen atoms in total. The molecule has 2 aromatic rings. The molecule has 1 aromatic carbocycles. The maximum atomic E-state index is 5.84. The molecule has 88 valence electrons. The van der Waals surface area contributed by atoms with Gasteiger partial charge in [-0.05, 0) is 42.8 Å². The highest BCUT2D eigenvalue weighted by Gasteiger charge is 2.00. The molecule has 0 atom stereocenters. The predicted molar refractivity (Wildman–Crippen MR) is 74.4 cm³/mol. The Hall–Kier alpha value is -1.19. The molecular formula is C13H13ClN2S. The third kappa shape index (κ3) is 3.38. The molecule has 0 amide bonds. The van der Waals surface area contributed by atoms with E-state index < -0.39 is 0 Å². The molecule has 0 fully saturated rings. The van der Waals surface area contributed by atoms with E-state index in [0.29, 0.717) is 5.15 Å². The summed E-state index contributed by atoms with van der Waals surface area (Å²) in [4.78, 5) is 5.44. The van der Waals surface area contributed by atoms with Crippen LogP contribution in [0.3, 0.4) is 0 Å². The number of aromatic nitrogens is 1. The lowest BCUT2D eigenvalue weighted by Crippen LogP contribution is -1.90. The van der Waals surface area contributed by atoms with Gasteiger partial charge in [0, 0.05) is 16.3 Å².